The molecule has 3 N–H and O–H groups in total. The van der Waals surface area contributed by atoms with Gasteiger partial charge in [-0.25, -0.2) is 4.79 Å². The number of nitrogens with two attached hydrogens (primary N) is 1. The summed E-state index contributed by atoms with van der Waals surface area (Å²) in [6.45, 7) is 1.08. The molecule has 1 fully saturated rings. The molecule has 1 aliphatic rings. The Kier molecular flexibility index (Phi) is 3.35. The first-order valence-corrected chi connectivity index (χ1v) is 6.56. The van der Waals surface area contributed by atoms with Crippen LogP contribution in [-0.4, -0.2) is 17.6 Å². The maximum atomic E-state index is 12.1. The standard InChI is InChI=1S/C15H16N4O/c16-9-11-4-6-12(7-5-11)19-10-14(18-15(19)20)13-3-1-2-8-17-13/h1-8,14H,9-10,16H2,(H,18,20). The van der Waals surface area contributed by atoms with E-state index >= 15 is 0 Å². The van der Waals surface area contributed by atoms with Crippen LogP contribution in [-0.2, 0) is 6.54 Å². The van der Waals surface area contributed by atoms with Crippen molar-refractivity contribution < 1.29 is 4.79 Å². The van der Waals surface area contributed by atoms with Gasteiger partial charge in [-0.05, 0) is 29.8 Å². The molecule has 0 bridgehead atoms. The van der Waals surface area contributed by atoms with Gasteiger partial charge in [0.1, 0.15) is 0 Å². The van der Waals surface area contributed by atoms with E-state index in [1.165, 1.54) is 0 Å². The fraction of sp³-hybridized carbons (Fsp3) is 0.200. The van der Waals surface area contributed by atoms with Crippen molar-refractivity contribution in [3.63, 3.8) is 0 Å². The first-order chi connectivity index (χ1) is 9.78. The number of hydrogen-bond acceptors (Lipinski definition) is 3. The topological polar surface area (TPSA) is 71.2 Å². The van der Waals surface area contributed by atoms with Crippen LogP contribution >= 0.6 is 0 Å². The third-order valence-electron chi connectivity index (χ3n) is 3.44. The number of anilines is 1. The Labute approximate surface area is 117 Å². The van der Waals surface area contributed by atoms with E-state index in [0.29, 0.717) is 13.1 Å². The highest BCUT2D eigenvalue weighted by Gasteiger charge is 2.31. The van der Waals surface area contributed by atoms with Gasteiger partial charge in [-0.1, -0.05) is 18.2 Å². The van der Waals surface area contributed by atoms with Gasteiger partial charge >= 0.3 is 6.03 Å². The molecule has 1 unspecified atom stereocenters. The largest absolute Gasteiger partial charge is 0.327 e. The summed E-state index contributed by atoms with van der Waals surface area (Å²) in [4.78, 5) is 18.1. The van der Waals surface area contributed by atoms with Gasteiger partial charge in [-0.15, -0.1) is 0 Å². The third-order valence-corrected chi connectivity index (χ3v) is 3.44. The molecule has 0 radical (unpaired) electrons. The molecule has 0 spiro atoms. The summed E-state index contributed by atoms with van der Waals surface area (Å²) in [5.74, 6) is 0. The zero-order valence-corrected chi connectivity index (χ0v) is 11.0. The second-order valence-electron chi connectivity index (χ2n) is 4.74. The zero-order valence-electron chi connectivity index (χ0n) is 11.0. The fourth-order valence-corrected chi connectivity index (χ4v) is 2.32. The summed E-state index contributed by atoms with van der Waals surface area (Å²) in [5, 5.41) is 2.95. The van der Waals surface area contributed by atoms with Gasteiger partial charge in [0.25, 0.3) is 0 Å². The summed E-state index contributed by atoms with van der Waals surface area (Å²) < 4.78 is 0. The van der Waals surface area contributed by atoms with Crippen molar-refractivity contribution in [1.29, 1.82) is 0 Å². The molecule has 102 valence electrons. The lowest BCUT2D eigenvalue weighted by Gasteiger charge is -2.15. The number of carbonyl (C=O) groups is 1. The normalized spacial score (nSPS) is 18.1. The van der Waals surface area contributed by atoms with Gasteiger partial charge in [0.2, 0.25) is 0 Å². The summed E-state index contributed by atoms with van der Waals surface area (Å²) in [5.41, 5.74) is 8.38. The van der Waals surface area contributed by atoms with Crippen LogP contribution in [0.25, 0.3) is 0 Å². The van der Waals surface area contributed by atoms with Crippen LogP contribution in [0.4, 0.5) is 10.5 Å². The number of carbonyl (C=O) groups excluding carboxylic acids is 1. The van der Waals surface area contributed by atoms with E-state index in [2.05, 4.69) is 10.3 Å². The molecule has 0 aliphatic carbocycles. The van der Waals surface area contributed by atoms with Crippen molar-refractivity contribution in [3.8, 4) is 0 Å². The maximum absolute atomic E-state index is 12.1. The van der Waals surface area contributed by atoms with Gasteiger partial charge in [-0.2, -0.15) is 0 Å². The molecule has 2 heterocycles. The maximum Gasteiger partial charge on any atom is 0.322 e. The van der Waals surface area contributed by atoms with Crippen LogP contribution in [0.3, 0.4) is 0 Å². The molecule has 1 aromatic heterocycles. The van der Waals surface area contributed by atoms with Crippen molar-refractivity contribution in [1.82, 2.24) is 10.3 Å². The van der Waals surface area contributed by atoms with E-state index in [4.69, 9.17) is 5.73 Å². The highest BCUT2D eigenvalue weighted by atomic mass is 16.2. The van der Waals surface area contributed by atoms with E-state index in [-0.39, 0.29) is 12.1 Å². The number of amides is 2. The molecule has 1 atom stereocenters. The summed E-state index contributed by atoms with van der Waals surface area (Å²) in [7, 11) is 0. The van der Waals surface area contributed by atoms with Crippen LogP contribution in [0.5, 0.6) is 0 Å². The molecule has 2 aromatic rings. The zero-order chi connectivity index (χ0) is 13.9. The monoisotopic (exact) mass is 268 g/mol. The van der Waals surface area contributed by atoms with E-state index in [9.17, 15) is 4.79 Å². The van der Waals surface area contributed by atoms with Crippen molar-refractivity contribution in [2.45, 2.75) is 12.6 Å². The van der Waals surface area contributed by atoms with Crippen LogP contribution in [0, 0.1) is 0 Å². The summed E-state index contributed by atoms with van der Waals surface area (Å²) in [6, 6.07) is 13.3. The summed E-state index contributed by atoms with van der Waals surface area (Å²) >= 11 is 0. The van der Waals surface area contributed by atoms with E-state index in [1.54, 1.807) is 11.1 Å². The highest BCUT2D eigenvalue weighted by molar-refractivity contribution is 5.94. The molecule has 3 rings (SSSR count). The second kappa shape index (κ2) is 5.30. The van der Waals surface area contributed by atoms with E-state index in [0.717, 1.165) is 16.9 Å². The number of hydrogen-bond donors (Lipinski definition) is 2. The van der Waals surface area contributed by atoms with Crippen LogP contribution in [0.15, 0.2) is 48.7 Å². The molecule has 0 saturated carbocycles. The average molecular weight is 268 g/mol. The lowest BCUT2D eigenvalue weighted by atomic mass is 10.1. The molecule has 5 heteroatoms. The van der Waals surface area contributed by atoms with Crippen molar-refractivity contribution in [2.24, 2.45) is 5.73 Å². The molecule has 1 aromatic carbocycles. The SMILES string of the molecule is NCc1ccc(N2CC(c3ccccn3)NC2=O)cc1. The van der Waals surface area contributed by atoms with Gasteiger partial charge in [-0.3, -0.25) is 9.88 Å². The minimum atomic E-state index is -0.0962. The Bertz CT molecular complexity index is 597. The number of rotatable bonds is 3. The minimum Gasteiger partial charge on any atom is -0.327 e. The van der Waals surface area contributed by atoms with Gasteiger partial charge < -0.3 is 11.1 Å². The Morgan fingerprint density at radius 2 is 2.05 bits per heavy atom. The number of nitrogens with zero attached hydrogens (tertiary/aromatic N) is 2. The molecule has 1 saturated heterocycles. The molecule has 20 heavy (non-hydrogen) atoms. The predicted molar refractivity (Wildman–Crippen MR) is 77.2 cm³/mol. The number of benzene rings is 1. The quantitative estimate of drug-likeness (QED) is 0.891. The molecule has 2 amide bonds. The number of pyridine rings is 1. The first kappa shape index (κ1) is 12.6. The number of aromatic nitrogens is 1. The smallest absolute Gasteiger partial charge is 0.322 e. The predicted octanol–water partition coefficient (Wildman–Crippen LogP) is 1.81. The van der Waals surface area contributed by atoms with Gasteiger partial charge in [0.05, 0.1) is 18.3 Å². The van der Waals surface area contributed by atoms with Crippen LogP contribution in [0.1, 0.15) is 17.3 Å². The van der Waals surface area contributed by atoms with Crippen LogP contribution < -0.4 is 16.0 Å². The fourth-order valence-electron chi connectivity index (χ4n) is 2.32. The molecule has 1 aliphatic heterocycles. The van der Waals surface area contributed by atoms with Crippen LogP contribution in [0.2, 0.25) is 0 Å². The molecule has 5 nitrogen and oxygen atoms in total. The van der Waals surface area contributed by atoms with Gasteiger partial charge in [0.15, 0.2) is 0 Å². The first-order valence-electron chi connectivity index (χ1n) is 6.56. The Morgan fingerprint density at radius 1 is 1.25 bits per heavy atom. The summed E-state index contributed by atoms with van der Waals surface area (Å²) in [6.07, 6.45) is 1.74. The van der Waals surface area contributed by atoms with Crippen molar-refractivity contribution in [2.75, 3.05) is 11.4 Å². The van der Waals surface area contributed by atoms with Crippen molar-refractivity contribution in [3.05, 3.63) is 59.9 Å². The second-order valence-corrected chi connectivity index (χ2v) is 4.74. The Hall–Kier alpha value is -2.40. The van der Waals surface area contributed by atoms with E-state index < -0.39 is 0 Å². The Balaban J connectivity index is 1.80. The number of urea groups is 1. The lowest BCUT2D eigenvalue weighted by Crippen LogP contribution is -2.27. The highest BCUT2D eigenvalue weighted by Crippen LogP contribution is 2.24. The lowest BCUT2D eigenvalue weighted by molar-refractivity contribution is 0.251. The van der Waals surface area contributed by atoms with Gasteiger partial charge in [0, 0.05) is 18.4 Å². The molecular weight excluding hydrogens is 252 g/mol. The third kappa shape index (κ3) is 2.35. The number of nitrogens with one attached hydrogen (secondary N) is 1. The van der Waals surface area contributed by atoms with Crippen molar-refractivity contribution >= 4 is 11.7 Å². The average Bonchev–Trinajstić information content (AvgIpc) is 2.90. The van der Waals surface area contributed by atoms with E-state index in [1.807, 2.05) is 42.5 Å². The minimum absolute atomic E-state index is 0.0714. The Morgan fingerprint density at radius 3 is 2.70 bits per heavy atom. The molecular formula is C15H16N4O.